The van der Waals surface area contributed by atoms with Crippen molar-refractivity contribution in [3.63, 3.8) is 0 Å². The number of hydrogen-bond donors (Lipinski definition) is 0. The molecule has 0 N–H and O–H groups in total. The quantitative estimate of drug-likeness (QED) is 0.564. The number of imidazole rings is 1. The third-order valence-corrected chi connectivity index (χ3v) is 5.36. The van der Waals surface area contributed by atoms with E-state index in [1.807, 2.05) is 22.2 Å². The summed E-state index contributed by atoms with van der Waals surface area (Å²) in [6.45, 7) is 1.04. The number of halogens is 1. The summed E-state index contributed by atoms with van der Waals surface area (Å²) in [6.07, 6.45) is 4.51. The van der Waals surface area contributed by atoms with Gasteiger partial charge in [0.2, 0.25) is 0 Å². The third kappa shape index (κ3) is 2.29. The molecule has 0 amide bonds. The Labute approximate surface area is 145 Å². The predicted octanol–water partition coefficient (Wildman–Crippen LogP) is 3.29. The molecule has 4 heterocycles. The average Bonchev–Trinajstić information content (AvgIpc) is 3.37. The minimum Gasteiger partial charge on any atom is -0.380 e. The molecule has 5 rings (SSSR count). The van der Waals surface area contributed by atoms with Crippen LogP contribution in [0.1, 0.15) is 17.8 Å². The molecule has 1 aromatic carbocycles. The van der Waals surface area contributed by atoms with Crippen LogP contribution >= 0.6 is 11.3 Å². The van der Waals surface area contributed by atoms with Crippen LogP contribution in [0, 0.1) is 5.82 Å². The van der Waals surface area contributed by atoms with Gasteiger partial charge in [-0.1, -0.05) is 17.3 Å². The number of thiazole rings is 1. The van der Waals surface area contributed by atoms with Gasteiger partial charge in [0.05, 0.1) is 12.0 Å². The number of ether oxygens (including phenoxy) is 1. The molecule has 6 nitrogen and oxygen atoms in total. The van der Waals surface area contributed by atoms with Crippen molar-refractivity contribution < 1.29 is 13.7 Å². The van der Waals surface area contributed by atoms with Gasteiger partial charge in [-0.2, -0.15) is 4.98 Å². The van der Waals surface area contributed by atoms with Gasteiger partial charge in [-0.3, -0.25) is 4.40 Å². The van der Waals surface area contributed by atoms with Crippen molar-refractivity contribution in [2.75, 3.05) is 13.2 Å². The molecule has 1 unspecified atom stereocenters. The largest absolute Gasteiger partial charge is 0.380 e. The van der Waals surface area contributed by atoms with E-state index in [-0.39, 0.29) is 5.82 Å². The first kappa shape index (κ1) is 14.7. The minimum absolute atomic E-state index is 0.273. The summed E-state index contributed by atoms with van der Waals surface area (Å²) >= 11 is 1.54. The van der Waals surface area contributed by atoms with Crippen molar-refractivity contribution >= 4 is 16.3 Å². The van der Waals surface area contributed by atoms with E-state index in [1.165, 1.54) is 23.5 Å². The Morgan fingerprint density at radius 3 is 2.84 bits per heavy atom. The van der Waals surface area contributed by atoms with Crippen LogP contribution in [0.5, 0.6) is 0 Å². The highest BCUT2D eigenvalue weighted by Crippen LogP contribution is 2.39. The molecule has 3 aromatic heterocycles. The third-order valence-electron chi connectivity index (χ3n) is 4.58. The molecule has 1 fully saturated rings. The molecule has 0 bridgehead atoms. The summed E-state index contributed by atoms with van der Waals surface area (Å²) in [5, 5.41) is 6.16. The second-order valence-corrected chi connectivity index (χ2v) is 6.91. The Morgan fingerprint density at radius 2 is 2.08 bits per heavy atom. The first-order valence-corrected chi connectivity index (χ1v) is 8.73. The number of nitrogens with zero attached hydrogens (tertiary/aromatic N) is 4. The van der Waals surface area contributed by atoms with Crippen LogP contribution in [-0.2, 0) is 10.2 Å². The Bertz CT molecular complexity index is 1000. The standard InChI is InChI=1S/C17H13FN4O2S/c18-12-3-1-11(2-4-12)17(5-7-23-10-17)15-20-14(24-21-15)13-9-22-6-8-25-16(22)19-13/h1-4,6,8-9H,5,7,10H2. The van der Waals surface area contributed by atoms with Gasteiger partial charge in [-0.25, -0.2) is 9.37 Å². The van der Waals surface area contributed by atoms with Crippen LogP contribution in [0.15, 0.2) is 46.6 Å². The maximum atomic E-state index is 13.3. The van der Waals surface area contributed by atoms with E-state index in [9.17, 15) is 4.39 Å². The number of aromatic nitrogens is 4. The normalized spacial score (nSPS) is 20.5. The lowest BCUT2D eigenvalue weighted by Gasteiger charge is -2.23. The molecule has 1 atom stereocenters. The molecule has 8 heteroatoms. The Hall–Kier alpha value is -2.58. The van der Waals surface area contributed by atoms with Crippen molar-refractivity contribution in [3.8, 4) is 11.6 Å². The van der Waals surface area contributed by atoms with Crippen molar-refractivity contribution in [1.82, 2.24) is 19.5 Å². The zero-order chi connectivity index (χ0) is 16.9. The topological polar surface area (TPSA) is 65.5 Å². The summed E-state index contributed by atoms with van der Waals surface area (Å²) in [5.74, 6) is 0.645. The summed E-state index contributed by atoms with van der Waals surface area (Å²) in [7, 11) is 0. The van der Waals surface area contributed by atoms with Gasteiger partial charge in [0.15, 0.2) is 10.8 Å². The maximum Gasteiger partial charge on any atom is 0.278 e. The van der Waals surface area contributed by atoms with Gasteiger partial charge in [0.1, 0.15) is 11.5 Å². The van der Waals surface area contributed by atoms with Gasteiger partial charge in [-0.05, 0) is 24.1 Å². The molecule has 4 aromatic rings. The van der Waals surface area contributed by atoms with Gasteiger partial charge in [0.25, 0.3) is 5.89 Å². The van der Waals surface area contributed by atoms with Gasteiger partial charge in [0, 0.05) is 24.4 Å². The first-order chi connectivity index (χ1) is 12.2. The molecule has 0 aliphatic carbocycles. The van der Waals surface area contributed by atoms with Crippen LogP contribution in [0.25, 0.3) is 16.5 Å². The number of hydrogen-bond acceptors (Lipinski definition) is 6. The van der Waals surface area contributed by atoms with Crippen LogP contribution in [0.3, 0.4) is 0 Å². The lowest BCUT2D eigenvalue weighted by molar-refractivity contribution is 0.182. The van der Waals surface area contributed by atoms with E-state index in [1.54, 1.807) is 12.1 Å². The molecule has 1 aliphatic rings. The smallest absolute Gasteiger partial charge is 0.278 e. The SMILES string of the molecule is Fc1ccc(C2(c3noc(-c4cn5ccsc5n4)n3)CCOC2)cc1. The average molecular weight is 356 g/mol. The Balaban J connectivity index is 1.57. The molecular formula is C17H13FN4O2S. The lowest BCUT2D eigenvalue weighted by atomic mass is 9.79. The molecular weight excluding hydrogens is 343 g/mol. The van der Waals surface area contributed by atoms with E-state index in [2.05, 4.69) is 15.1 Å². The molecule has 0 saturated carbocycles. The molecule has 0 spiro atoms. The number of fused-ring (bicyclic) bond motifs is 1. The van der Waals surface area contributed by atoms with Crippen molar-refractivity contribution in [2.24, 2.45) is 0 Å². The highest BCUT2D eigenvalue weighted by molar-refractivity contribution is 7.15. The summed E-state index contributed by atoms with van der Waals surface area (Å²) in [5.41, 5.74) is 1.04. The van der Waals surface area contributed by atoms with E-state index in [4.69, 9.17) is 9.26 Å². The second-order valence-electron chi connectivity index (χ2n) is 6.03. The van der Waals surface area contributed by atoms with E-state index < -0.39 is 5.41 Å². The fourth-order valence-corrected chi connectivity index (χ4v) is 3.92. The van der Waals surface area contributed by atoms with Crippen LogP contribution in [0.2, 0.25) is 0 Å². The first-order valence-electron chi connectivity index (χ1n) is 7.85. The van der Waals surface area contributed by atoms with Crippen molar-refractivity contribution in [3.05, 3.63) is 59.2 Å². The van der Waals surface area contributed by atoms with Gasteiger partial charge >= 0.3 is 0 Å². The molecule has 25 heavy (non-hydrogen) atoms. The number of rotatable bonds is 3. The van der Waals surface area contributed by atoms with E-state index in [0.29, 0.717) is 30.6 Å². The lowest BCUT2D eigenvalue weighted by Crippen LogP contribution is -2.29. The summed E-state index contributed by atoms with van der Waals surface area (Å²) in [4.78, 5) is 9.95. The van der Waals surface area contributed by atoms with Crippen molar-refractivity contribution in [1.29, 1.82) is 0 Å². The van der Waals surface area contributed by atoms with E-state index in [0.717, 1.165) is 16.9 Å². The van der Waals surface area contributed by atoms with E-state index >= 15 is 0 Å². The summed E-state index contributed by atoms with van der Waals surface area (Å²) < 4.78 is 26.3. The predicted molar refractivity (Wildman–Crippen MR) is 89.0 cm³/mol. The Morgan fingerprint density at radius 1 is 1.20 bits per heavy atom. The maximum absolute atomic E-state index is 13.3. The van der Waals surface area contributed by atoms with Crippen molar-refractivity contribution in [2.45, 2.75) is 11.8 Å². The number of benzene rings is 1. The van der Waals surface area contributed by atoms with Crippen LogP contribution in [-0.4, -0.2) is 32.7 Å². The minimum atomic E-state index is -0.521. The fourth-order valence-electron chi connectivity index (χ4n) is 3.22. The monoisotopic (exact) mass is 356 g/mol. The zero-order valence-corrected chi connectivity index (χ0v) is 13.9. The second kappa shape index (κ2) is 5.47. The zero-order valence-electron chi connectivity index (χ0n) is 13.1. The van der Waals surface area contributed by atoms with Gasteiger partial charge in [-0.15, -0.1) is 11.3 Å². The Kier molecular flexibility index (Phi) is 3.22. The summed E-state index contributed by atoms with van der Waals surface area (Å²) in [6, 6.07) is 6.40. The van der Waals surface area contributed by atoms with Crippen LogP contribution in [0.4, 0.5) is 4.39 Å². The highest BCUT2D eigenvalue weighted by atomic mass is 32.1. The van der Waals surface area contributed by atoms with Crippen LogP contribution < -0.4 is 0 Å². The van der Waals surface area contributed by atoms with Gasteiger partial charge < -0.3 is 9.26 Å². The molecule has 0 radical (unpaired) electrons. The molecule has 126 valence electrons. The highest BCUT2D eigenvalue weighted by Gasteiger charge is 2.43. The fraction of sp³-hybridized carbons (Fsp3) is 0.235. The molecule has 1 saturated heterocycles. The molecule has 1 aliphatic heterocycles.